The minimum Gasteiger partial charge on any atom is -0.467 e. The molecular formula is C17H16N2O4. The standard InChI is InChI=1S/C17H16N2O4/c1-11(14-7-4-10-23-14)18-15(20)8-9-19-16(21)12-5-2-3-6-13(12)17(19)22/h2-7,10-11H,8-9H2,1H3,(H,18,20)/t11-/m0/s1. The van der Waals surface area contributed by atoms with Gasteiger partial charge in [-0.05, 0) is 31.2 Å². The first-order chi connectivity index (χ1) is 11.1. The van der Waals surface area contributed by atoms with Crippen LogP contribution in [-0.2, 0) is 4.79 Å². The first-order valence-corrected chi connectivity index (χ1v) is 7.36. The molecule has 0 unspecified atom stereocenters. The van der Waals surface area contributed by atoms with Crippen molar-refractivity contribution in [1.29, 1.82) is 0 Å². The third-order valence-corrected chi connectivity index (χ3v) is 3.79. The van der Waals surface area contributed by atoms with Gasteiger partial charge in [-0.1, -0.05) is 12.1 Å². The highest BCUT2D eigenvalue weighted by atomic mass is 16.3. The molecule has 3 amide bonds. The lowest BCUT2D eigenvalue weighted by molar-refractivity contribution is -0.121. The number of imide groups is 1. The highest BCUT2D eigenvalue weighted by molar-refractivity contribution is 6.21. The number of amides is 3. The van der Waals surface area contributed by atoms with Crippen LogP contribution in [0.15, 0.2) is 47.1 Å². The lowest BCUT2D eigenvalue weighted by Crippen LogP contribution is -2.35. The summed E-state index contributed by atoms with van der Waals surface area (Å²) in [6.45, 7) is 1.86. The lowest BCUT2D eigenvalue weighted by Gasteiger charge is -2.15. The summed E-state index contributed by atoms with van der Waals surface area (Å²) in [5.41, 5.74) is 0.781. The molecule has 6 nitrogen and oxygen atoms in total. The fourth-order valence-electron chi connectivity index (χ4n) is 2.58. The maximum atomic E-state index is 12.2. The van der Waals surface area contributed by atoms with Crippen LogP contribution in [0.2, 0.25) is 0 Å². The Hall–Kier alpha value is -2.89. The van der Waals surface area contributed by atoms with E-state index in [0.29, 0.717) is 16.9 Å². The van der Waals surface area contributed by atoms with Gasteiger partial charge >= 0.3 is 0 Å². The van der Waals surface area contributed by atoms with Gasteiger partial charge in [0.25, 0.3) is 11.8 Å². The summed E-state index contributed by atoms with van der Waals surface area (Å²) in [4.78, 5) is 37.5. The van der Waals surface area contributed by atoms with Crippen molar-refractivity contribution in [1.82, 2.24) is 10.2 Å². The van der Waals surface area contributed by atoms with E-state index in [1.807, 2.05) is 0 Å². The first kappa shape index (κ1) is 15.0. The van der Waals surface area contributed by atoms with Crippen molar-refractivity contribution in [2.45, 2.75) is 19.4 Å². The highest BCUT2D eigenvalue weighted by Crippen LogP contribution is 2.22. The van der Waals surface area contributed by atoms with Crippen molar-refractivity contribution < 1.29 is 18.8 Å². The molecule has 2 heterocycles. The molecule has 1 aliphatic rings. The molecule has 1 aromatic heterocycles. The van der Waals surface area contributed by atoms with Gasteiger partial charge in [-0.25, -0.2) is 0 Å². The molecule has 0 radical (unpaired) electrons. The molecule has 0 bridgehead atoms. The van der Waals surface area contributed by atoms with Gasteiger partial charge in [-0.3, -0.25) is 19.3 Å². The molecule has 118 valence electrons. The summed E-state index contributed by atoms with van der Waals surface area (Å²) in [6, 6.07) is 9.92. The van der Waals surface area contributed by atoms with Crippen molar-refractivity contribution >= 4 is 17.7 Å². The van der Waals surface area contributed by atoms with Crippen molar-refractivity contribution in [2.24, 2.45) is 0 Å². The molecule has 0 saturated heterocycles. The normalized spacial score (nSPS) is 14.7. The second kappa shape index (κ2) is 6.08. The molecule has 6 heteroatoms. The van der Waals surface area contributed by atoms with E-state index in [4.69, 9.17) is 4.42 Å². The van der Waals surface area contributed by atoms with Crippen LogP contribution in [0.3, 0.4) is 0 Å². The monoisotopic (exact) mass is 312 g/mol. The molecule has 2 aromatic rings. The Morgan fingerprint density at radius 3 is 2.35 bits per heavy atom. The van der Waals surface area contributed by atoms with E-state index in [9.17, 15) is 14.4 Å². The van der Waals surface area contributed by atoms with E-state index in [0.717, 1.165) is 4.90 Å². The van der Waals surface area contributed by atoms with Gasteiger partial charge in [0.05, 0.1) is 23.4 Å². The molecule has 23 heavy (non-hydrogen) atoms. The average molecular weight is 312 g/mol. The molecular weight excluding hydrogens is 296 g/mol. The van der Waals surface area contributed by atoms with E-state index in [1.165, 1.54) is 6.26 Å². The summed E-state index contributed by atoms with van der Waals surface area (Å²) in [7, 11) is 0. The third kappa shape index (κ3) is 2.88. The van der Waals surface area contributed by atoms with Gasteiger partial charge in [0.2, 0.25) is 5.91 Å². The number of fused-ring (bicyclic) bond motifs is 1. The van der Waals surface area contributed by atoms with Crippen LogP contribution in [0.1, 0.15) is 45.9 Å². The summed E-state index contributed by atoms with van der Waals surface area (Å²) in [6.07, 6.45) is 1.59. The van der Waals surface area contributed by atoms with Crippen LogP contribution in [0.25, 0.3) is 0 Å². The maximum absolute atomic E-state index is 12.2. The molecule has 0 saturated carbocycles. The largest absolute Gasteiger partial charge is 0.467 e. The summed E-state index contributed by atoms with van der Waals surface area (Å²) in [5.74, 6) is -0.292. The van der Waals surface area contributed by atoms with Crippen LogP contribution in [0, 0.1) is 0 Å². The van der Waals surface area contributed by atoms with E-state index in [-0.39, 0.29) is 36.7 Å². The van der Waals surface area contributed by atoms with E-state index in [1.54, 1.807) is 43.3 Å². The molecule has 3 rings (SSSR count). The van der Waals surface area contributed by atoms with Crippen molar-refractivity contribution in [2.75, 3.05) is 6.54 Å². The zero-order valence-corrected chi connectivity index (χ0v) is 12.6. The molecule has 1 aromatic carbocycles. The molecule has 0 aliphatic carbocycles. The molecule has 1 atom stereocenters. The minimum absolute atomic E-state index is 0.0521. The number of benzene rings is 1. The Morgan fingerprint density at radius 2 is 1.78 bits per heavy atom. The first-order valence-electron chi connectivity index (χ1n) is 7.36. The summed E-state index contributed by atoms with van der Waals surface area (Å²) in [5, 5.41) is 2.78. The number of carbonyl (C=O) groups excluding carboxylic acids is 3. The quantitative estimate of drug-likeness (QED) is 0.858. The fraction of sp³-hybridized carbons (Fsp3) is 0.235. The second-order valence-electron chi connectivity index (χ2n) is 5.36. The van der Waals surface area contributed by atoms with Gasteiger partial charge in [0.1, 0.15) is 5.76 Å². The Kier molecular flexibility index (Phi) is 3.97. The number of hydrogen-bond donors (Lipinski definition) is 1. The number of hydrogen-bond acceptors (Lipinski definition) is 4. The molecule has 1 aliphatic heterocycles. The Labute approximate surface area is 133 Å². The summed E-state index contributed by atoms with van der Waals surface area (Å²) >= 11 is 0. The molecule has 0 fully saturated rings. The zero-order valence-electron chi connectivity index (χ0n) is 12.6. The van der Waals surface area contributed by atoms with Crippen molar-refractivity contribution in [3.05, 3.63) is 59.5 Å². The van der Waals surface area contributed by atoms with Crippen LogP contribution in [0.4, 0.5) is 0 Å². The Balaban J connectivity index is 1.58. The van der Waals surface area contributed by atoms with Crippen molar-refractivity contribution in [3.63, 3.8) is 0 Å². The lowest BCUT2D eigenvalue weighted by atomic mass is 10.1. The number of nitrogens with one attached hydrogen (secondary N) is 1. The van der Waals surface area contributed by atoms with Crippen molar-refractivity contribution in [3.8, 4) is 0 Å². The smallest absolute Gasteiger partial charge is 0.261 e. The number of carbonyl (C=O) groups is 3. The Morgan fingerprint density at radius 1 is 1.13 bits per heavy atom. The van der Waals surface area contributed by atoms with E-state index in [2.05, 4.69) is 5.32 Å². The Bertz CT molecular complexity index is 717. The van der Waals surface area contributed by atoms with E-state index < -0.39 is 0 Å². The van der Waals surface area contributed by atoms with Gasteiger partial charge in [-0.2, -0.15) is 0 Å². The predicted octanol–water partition coefficient (Wildman–Crippen LogP) is 2.14. The van der Waals surface area contributed by atoms with E-state index >= 15 is 0 Å². The SMILES string of the molecule is C[C@H](NC(=O)CCN1C(=O)c2ccccc2C1=O)c1ccco1. The van der Waals surface area contributed by atoms with Crippen LogP contribution in [0.5, 0.6) is 0 Å². The van der Waals surface area contributed by atoms with Crippen LogP contribution in [-0.4, -0.2) is 29.2 Å². The van der Waals surface area contributed by atoms with Gasteiger partial charge < -0.3 is 9.73 Å². The molecule has 0 spiro atoms. The zero-order chi connectivity index (χ0) is 16.4. The van der Waals surface area contributed by atoms with Gasteiger partial charge in [-0.15, -0.1) is 0 Å². The predicted molar refractivity (Wildman–Crippen MR) is 81.7 cm³/mol. The summed E-state index contributed by atoms with van der Waals surface area (Å²) < 4.78 is 5.22. The maximum Gasteiger partial charge on any atom is 0.261 e. The number of furan rings is 1. The number of nitrogens with zero attached hydrogens (tertiary/aromatic N) is 1. The fourth-order valence-corrected chi connectivity index (χ4v) is 2.58. The van der Waals surface area contributed by atoms with Crippen LogP contribution >= 0.6 is 0 Å². The van der Waals surface area contributed by atoms with Crippen LogP contribution < -0.4 is 5.32 Å². The number of rotatable bonds is 5. The molecule has 1 N–H and O–H groups in total. The minimum atomic E-state index is -0.350. The highest BCUT2D eigenvalue weighted by Gasteiger charge is 2.35. The third-order valence-electron chi connectivity index (χ3n) is 3.79. The van der Waals surface area contributed by atoms with Gasteiger partial charge in [0, 0.05) is 13.0 Å². The van der Waals surface area contributed by atoms with Gasteiger partial charge in [0.15, 0.2) is 0 Å². The topological polar surface area (TPSA) is 79.6 Å². The second-order valence-corrected chi connectivity index (χ2v) is 5.36. The average Bonchev–Trinajstić information content (AvgIpc) is 3.15.